The first-order valence-electron chi connectivity index (χ1n) is 10.2. The molecule has 3 amide bonds. The molecule has 1 aromatic rings. The average Bonchev–Trinajstić information content (AvgIpc) is 2.98. The highest BCUT2D eigenvalue weighted by molar-refractivity contribution is 6.10. The quantitative estimate of drug-likeness (QED) is 0.671. The summed E-state index contributed by atoms with van der Waals surface area (Å²) >= 11 is 0. The Hall–Kier alpha value is -2.58. The number of fused-ring (bicyclic) bond motifs is 3. The SMILES string of the molecule is CCCN(CC(F)(F)F)C(=O)CCCN1C(=O)c2ccccc2N2C(=O)CCC12C. The summed E-state index contributed by atoms with van der Waals surface area (Å²) in [5.74, 6) is -0.881. The summed E-state index contributed by atoms with van der Waals surface area (Å²) in [7, 11) is 0. The van der Waals surface area contributed by atoms with Crippen LogP contribution in [0.5, 0.6) is 0 Å². The van der Waals surface area contributed by atoms with Crippen LogP contribution in [-0.4, -0.2) is 59.0 Å². The molecule has 0 saturated carbocycles. The Kier molecular flexibility index (Phi) is 6.10. The molecule has 6 nitrogen and oxygen atoms in total. The number of anilines is 1. The van der Waals surface area contributed by atoms with Gasteiger partial charge in [-0.3, -0.25) is 19.3 Å². The number of rotatable bonds is 7. The highest BCUT2D eigenvalue weighted by Crippen LogP contribution is 2.44. The van der Waals surface area contributed by atoms with Gasteiger partial charge in [0.1, 0.15) is 12.2 Å². The number of nitrogens with zero attached hydrogens (tertiary/aromatic N) is 3. The predicted octanol–water partition coefficient (Wildman–Crippen LogP) is 3.57. The van der Waals surface area contributed by atoms with Gasteiger partial charge in [-0.05, 0) is 38.3 Å². The van der Waals surface area contributed by atoms with Gasteiger partial charge >= 0.3 is 6.18 Å². The summed E-state index contributed by atoms with van der Waals surface area (Å²) in [5, 5.41) is 0. The van der Waals surface area contributed by atoms with E-state index in [4.69, 9.17) is 0 Å². The number of alkyl halides is 3. The Morgan fingerprint density at radius 3 is 2.60 bits per heavy atom. The van der Waals surface area contributed by atoms with Crippen LogP contribution in [0.4, 0.5) is 18.9 Å². The maximum Gasteiger partial charge on any atom is 0.406 e. The molecule has 2 aliphatic heterocycles. The molecule has 0 radical (unpaired) electrons. The molecule has 0 spiro atoms. The summed E-state index contributed by atoms with van der Waals surface area (Å²) in [6.45, 7) is 2.49. The van der Waals surface area contributed by atoms with E-state index in [-0.39, 0.29) is 37.7 Å². The number of carbonyl (C=O) groups is 3. The van der Waals surface area contributed by atoms with E-state index in [0.717, 1.165) is 4.90 Å². The van der Waals surface area contributed by atoms with Gasteiger partial charge in [0.05, 0.1) is 11.3 Å². The summed E-state index contributed by atoms with van der Waals surface area (Å²) in [6.07, 6.45) is -3.11. The zero-order valence-electron chi connectivity index (χ0n) is 17.2. The lowest BCUT2D eigenvalue weighted by atomic mass is 9.98. The monoisotopic (exact) mass is 425 g/mol. The van der Waals surface area contributed by atoms with E-state index < -0.39 is 24.3 Å². The van der Waals surface area contributed by atoms with Crippen LogP contribution >= 0.6 is 0 Å². The second-order valence-corrected chi connectivity index (χ2v) is 7.95. The Morgan fingerprint density at radius 2 is 1.93 bits per heavy atom. The molecule has 1 aromatic carbocycles. The largest absolute Gasteiger partial charge is 0.406 e. The van der Waals surface area contributed by atoms with Gasteiger partial charge in [-0.1, -0.05) is 19.1 Å². The molecule has 1 saturated heterocycles. The fraction of sp³-hybridized carbons (Fsp3) is 0.571. The van der Waals surface area contributed by atoms with E-state index in [1.54, 1.807) is 41.0 Å². The number of carbonyl (C=O) groups excluding carboxylic acids is 3. The van der Waals surface area contributed by atoms with Gasteiger partial charge < -0.3 is 9.80 Å². The van der Waals surface area contributed by atoms with Crippen molar-refractivity contribution >= 4 is 23.4 Å². The van der Waals surface area contributed by atoms with Gasteiger partial charge in [-0.15, -0.1) is 0 Å². The van der Waals surface area contributed by atoms with Crippen molar-refractivity contribution in [1.29, 1.82) is 0 Å². The predicted molar refractivity (Wildman–Crippen MR) is 105 cm³/mol. The molecule has 0 bridgehead atoms. The van der Waals surface area contributed by atoms with Gasteiger partial charge in [0.25, 0.3) is 5.91 Å². The third kappa shape index (κ3) is 4.15. The minimum absolute atomic E-state index is 0.0361. The van der Waals surface area contributed by atoms with Crippen molar-refractivity contribution < 1.29 is 27.6 Å². The number of halogens is 3. The molecule has 1 unspecified atom stereocenters. The van der Waals surface area contributed by atoms with Crippen LogP contribution in [0, 0.1) is 0 Å². The maximum atomic E-state index is 13.1. The van der Waals surface area contributed by atoms with Crippen LogP contribution in [-0.2, 0) is 9.59 Å². The van der Waals surface area contributed by atoms with E-state index in [9.17, 15) is 27.6 Å². The third-order valence-corrected chi connectivity index (χ3v) is 5.73. The third-order valence-electron chi connectivity index (χ3n) is 5.73. The highest BCUT2D eigenvalue weighted by Gasteiger charge is 2.52. The Bertz CT molecular complexity index is 842. The number of benzene rings is 1. The molecule has 9 heteroatoms. The van der Waals surface area contributed by atoms with E-state index in [0.29, 0.717) is 30.5 Å². The Balaban J connectivity index is 1.73. The molecule has 0 aromatic heterocycles. The molecule has 2 aliphatic rings. The first-order chi connectivity index (χ1) is 14.1. The van der Waals surface area contributed by atoms with Crippen LogP contribution in [0.25, 0.3) is 0 Å². The fourth-order valence-electron chi connectivity index (χ4n) is 4.37. The van der Waals surface area contributed by atoms with Crippen LogP contribution in [0.1, 0.15) is 56.3 Å². The highest BCUT2D eigenvalue weighted by atomic mass is 19.4. The van der Waals surface area contributed by atoms with Crippen LogP contribution in [0.15, 0.2) is 24.3 Å². The average molecular weight is 425 g/mol. The molecular formula is C21H26F3N3O3. The molecule has 1 atom stereocenters. The van der Waals surface area contributed by atoms with E-state index in [1.165, 1.54) is 0 Å². The van der Waals surface area contributed by atoms with Crippen molar-refractivity contribution in [2.24, 2.45) is 0 Å². The first-order valence-corrected chi connectivity index (χ1v) is 10.2. The Morgan fingerprint density at radius 1 is 1.23 bits per heavy atom. The molecule has 0 N–H and O–H groups in total. The topological polar surface area (TPSA) is 60.9 Å². The minimum atomic E-state index is -4.45. The van der Waals surface area contributed by atoms with Gasteiger partial charge in [-0.25, -0.2) is 0 Å². The summed E-state index contributed by atoms with van der Waals surface area (Å²) in [5.41, 5.74) is 0.168. The van der Waals surface area contributed by atoms with Crippen LogP contribution < -0.4 is 4.90 Å². The lowest BCUT2D eigenvalue weighted by molar-refractivity contribution is -0.161. The first kappa shape index (κ1) is 22.1. The van der Waals surface area contributed by atoms with Crippen molar-refractivity contribution in [3.63, 3.8) is 0 Å². The lowest BCUT2D eigenvalue weighted by Crippen LogP contribution is -2.62. The normalized spacial score (nSPS) is 21.0. The zero-order chi connectivity index (χ0) is 22.1. The zero-order valence-corrected chi connectivity index (χ0v) is 17.2. The fourth-order valence-corrected chi connectivity index (χ4v) is 4.37. The summed E-state index contributed by atoms with van der Waals surface area (Å²) in [6, 6.07) is 6.90. The number of hydrogen-bond donors (Lipinski definition) is 0. The molecule has 3 rings (SSSR count). The van der Waals surface area contributed by atoms with E-state index in [1.807, 2.05) is 6.92 Å². The summed E-state index contributed by atoms with van der Waals surface area (Å²) < 4.78 is 38.2. The van der Waals surface area contributed by atoms with Crippen LogP contribution in [0.3, 0.4) is 0 Å². The van der Waals surface area contributed by atoms with Crippen molar-refractivity contribution in [2.75, 3.05) is 24.5 Å². The van der Waals surface area contributed by atoms with Gasteiger partial charge in [-0.2, -0.15) is 13.2 Å². The van der Waals surface area contributed by atoms with Gasteiger partial charge in [0.15, 0.2) is 0 Å². The van der Waals surface area contributed by atoms with Crippen molar-refractivity contribution in [2.45, 2.75) is 57.8 Å². The molecule has 1 fully saturated rings. The smallest absolute Gasteiger partial charge is 0.334 e. The summed E-state index contributed by atoms with van der Waals surface area (Å²) in [4.78, 5) is 42.0. The van der Waals surface area contributed by atoms with Crippen molar-refractivity contribution in [3.05, 3.63) is 29.8 Å². The molecular weight excluding hydrogens is 399 g/mol. The van der Waals surface area contributed by atoms with Crippen molar-refractivity contribution in [1.82, 2.24) is 9.80 Å². The standard InChI is InChI=1S/C21H26F3N3O3/c1-3-12-25(14-21(22,23)24)17(28)9-6-13-26-19(30)15-7-4-5-8-16(15)27-18(29)10-11-20(26,27)2/h4-5,7-8H,3,6,9-14H2,1-2H3. The van der Waals surface area contributed by atoms with Gasteiger partial charge in [0, 0.05) is 25.9 Å². The Labute approximate surface area is 173 Å². The molecule has 164 valence electrons. The number of hydrogen-bond acceptors (Lipinski definition) is 3. The molecule has 0 aliphatic carbocycles. The molecule has 30 heavy (non-hydrogen) atoms. The number of amides is 3. The van der Waals surface area contributed by atoms with Crippen LogP contribution in [0.2, 0.25) is 0 Å². The minimum Gasteiger partial charge on any atom is -0.334 e. The number of para-hydroxylation sites is 1. The van der Waals surface area contributed by atoms with Crippen molar-refractivity contribution in [3.8, 4) is 0 Å². The maximum absolute atomic E-state index is 13.1. The van der Waals surface area contributed by atoms with Gasteiger partial charge in [0.2, 0.25) is 11.8 Å². The second-order valence-electron chi connectivity index (χ2n) is 7.95. The van der Waals surface area contributed by atoms with E-state index in [2.05, 4.69) is 0 Å². The lowest BCUT2D eigenvalue weighted by Gasteiger charge is -2.48. The van der Waals surface area contributed by atoms with E-state index >= 15 is 0 Å². The molecule has 2 heterocycles. The second kappa shape index (κ2) is 8.28.